The van der Waals surface area contributed by atoms with Crippen molar-refractivity contribution in [1.29, 1.82) is 5.26 Å². The lowest BCUT2D eigenvalue weighted by molar-refractivity contribution is -0.140. The van der Waals surface area contributed by atoms with Gasteiger partial charge in [0.2, 0.25) is 5.91 Å². The Bertz CT molecular complexity index is 839. The van der Waals surface area contributed by atoms with E-state index in [1.54, 1.807) is 11.3 Å². The summed E-state index contributed by atoms with van der Waals surface area (Å²) in [6, 6.07) is 2.45. The fraction of sp³-hybridized carbons (Fsp3) is 0.760. The number of anilines is 1. The van der Waals surface area contributed by atoms with Crippen LogP contribution < -0.4 is 5.32 Å². The van der Waals surface area contributed by atoms with Crippen molar-refractivity contribution >= 4 is 22.2 Å². The van der Waals surface area contributed by atoms with E-state index in [-0.39, 0.29) is 11.3 Å². The van der Waals surface area contributed by atoms with Crippen LogP contribution in [0.1, 0.15) is 88.1 Å². The molecule has 156 valence electrons. The van der Waals surface area contributed by atoms with Gasteiger partial charge in [-0.05, 0) is 92.4 Å². The number of fused-ring (bicyclic) bond motifs is 1. The number of carbonyl (C=O) groups is 1. The number of nitrogens with zero attached hydrogens (tertiary/aromatic N) is 1. The molecule has 0 saturated heterocycles. The van der Waals surface area contributed by atoms with Crippen LogP contribution >= 0.6 is 11.3 Å². The molecule has 4 saturated carbocycles. The minimum absolute atomic E-state index is 0.154. The fourth-order valence-electron chi connectivity index (χ4n) is 7.37. The molecule has 6 rings (SSSR count). The third kappa shape index (κ3) is 3.16. The van der Waals surface area contributed by atoms with Gasteiger partial charge in [-0.2, -0.15) is 5.26 Å². The maximum Gasteiger partial charge on any atom is 0.231 e. The molecule has 3 nitrogen and oxygen atoms in total. The first-order valence-electron chi connectivity index (χ1n) is 11.7. The highest BCUT2D eigenvalue weighted by atomic mass is 32.1. The average molecular weight is 411 g/mol. The average Bonchev–Trinajstić information content (AvgIpc) is 3.03. The van der Waals surface area contributed by atoms with E-state index in [1.165, 1.54) is 36.1 Å². The normalized spacial score (nSPS) is 35.2. The van der Waals surface area contributed by atoms with Gasteiger partial charge in [0, 0.05) is 4.88 Å². The maximum absolute atomic E-state index is 13.5. The van der Waals surface area contributed by atoms with Crippen LogP contribution in [0, 0.1) is 45.8 Å². The van der Waals surface area contributed by atoms with Crippen LogP contribution in [-0.2, 0) is 17.6 Å². The molecule has 0 radical (unpaired) electrons. The highest BCUT2D eigenvalue weighted by molar-refractivity contribution is 7.16. The van der Waals surface area contributed by atoms with Gasteiger partial charge in [0.1, 0.15) is 11.1 Å². The van der Waals surface area contributed by atoms with Gasteiger partial charge < -0.3 is 5.32 Å². The van der Waals surface area contributed by atoms with Gasteiger partial charge in [-0.15, -0.1) is 11.3 Å². The molecule has 1 amide bonds. The summed E-state index contributed by atoms with van der Waals surface area (Å²) < 4.78 is 0. The number of hydrogen-bond donors (Lipinski definition) is 1. The predicted octanol–water partition coefficient (Wildman–Crippen LogP) is 6.32. The van der Waals surface area contributed by atoms with Gasteiger partial charge >= 0.3 is 0 Å². The van der Waals surface area contributed by atoms with Gasteiger partial charge in [-0.25, -0.2) is 0 Å². The van der Waals surface area contributed by atoms with Crippen molar-refractivity contribution in [2.45, 2.75) is 85.0 Å². The maximum atomic E-state index is 13.5. The number of amides is 1. The second kappa shape index (κ2) is 6.84. The number of nitriles is 1. The van der Waals surface area contributed by atoms with E-state index in [1.807, 2.05) is 0 Å². The highest BCUT2D eigenvalue weighted by Gasteiger charge is 2.54. The molecule has 0 unspecified atom stereocenters. The largest absolute Gasteiger partial charge is 0.316 e. The summed E-state index contributed by atoms with van der Waals surface area (Å²) in [7, 11) is 0. The second-order valence-corrected chi connectivity index (χ2v) is 12.4. The van der Waals surface area contributed by atoms with Crippen LogP contribution in [0.3, 0.4) is 0 Å². The number of hydrogen-bond acceptors (Lipinski definition) is 3. The molecule has 4 fully saturated rings. The van der Waals surface area contributed by atoms with Gasteiger partial charge in [0.05, 0.1) is 11.0 Å². The first kappa shape index (κ1) is 19.6. The molecule has 29 heavy (non-hydrogen) atoms. The summed E-state index contributed by atoms with van der Waals surface area (Å²) in [6.07, 6.45) is 11.6. The second-order valence-electron chi connectivity index (χ2n) is 11.3. The van der Waals surface area contributed by atoms with Crippen LogP contribution in [0.25, 0.3) is 0 Å². The molecule has 1 atom stereocenters. The molecular weight excluding hydrogens is 376 g/mol. The van der Waals surface area contributed by atoms with Gasteiger partial charge in [0.25, 0.3) is 0 Å². The first-order valence-corrected chi connectivity index (χ1v) is 12.5. The van der Waals surface area contributed by atoms with E-state index in [4.69, 9.17) is 0 Å². The van der Waals surface area contributed by atoms with E-state index < -0.39 is 0 Å². The topological polar surface area (TPSA) is 52.9 Å². The predicted molar refractivity (Wildman–Crippen MR) is 118 cm³/mol. The van der Waals surface area contributed by atoms with Crippen LogP contribution in [0.4, 0.5) is 5.00 Å². The molecule has 0 aromatic carbocycles. The molecule has 1 N–H and O–H groups in total. The van der Waals surface area contributed by atoms with Gasteiger partial charge in [-0.3, -0.25) is 4.79 Å². The smallest absolute Gasteiger partial charge is 0.231 e. The third-order valence-corrected chi connectivity index (χ3v) is 10.3. The van der Waals surface area contributed by atoms with E-state index in [0.717, 1.165) is 66.8 Å². The van der Waals surface area contributed by atoms with Crippen LogP contribution in [0.5, 0.6) is 0 Å². The molecule has 1 heterocycles. The van der Waals surface area contributed by atoms with Gasteiger partial charge in [0.15, 0.2) is 0 Å². The Kier molecular flexibility index (Phi) is 4.63. The quantitative estimate of drug-likeness (QED) is 0.632. The summed E-state index contributed by atoms with van der Waals surface area (Å²) >= 11 is 1.69. The van der Waals surface area contributed by atoms with Crippen LogP contribution in [-0.4, -0.2) is 5.91 Å². The highest BCUT2D eigenvalue weighted by Crippen LogP contribution is 2.60. The molecule has 0 spiro atoms. The van der Waals surface area contributed by atoms with Gasteiger partial charge in [-0.1, -0.05) is 27.2 Å². The molecular formula is C25H34N2OS. The summed E-state index contributed by atoms with van der Waals surface area (Å²) in [5, 5.41) is 14.0. The van der Waals surface area contributed by atoms with Crippen molar-refractivity contribution in [2.75, 3.05) is 5.32 Å². The Hall–Kier alpha value is -1.34. The summed E-state index contributed by atoms with van der Waals surface area (Å²) in [4.78, 5) is 14.9. The third-order valence-electron chi connectivity index (χ3n) is 9.14. The van der Waals surface area contributed by atoms with E-state index in [0.29, 0.717) is 11.3 Å². The number of carbonyl (C=O) groups excluding carboxylic acids is 1. The minimum Gasteiger partial charge on any atom is -0.316 e. The zero-order valence-electron chi connectivity index (χ0n) is 18.1. The lowest BCUT2D eigenvalue weighted by Gasteiger charge is -2.55. The van der Waals surface area contributed by atoms with Crippen molar-refractivity contribution in [3.05, 3.63) is 16.0 Å². The number of nitrogens with one attached hydrogen (secondary N) is 1. The monoisotopic (exact) mass is 410 g/mol. The molecule has 5 aliphatic rings. The standard InChI is InChI=1S/C25H34N2OS/c1-4-24(2,3)18-5-6-19-20(14-26)22(29-21(19)10-18)27-23(28)25-11-15-7-16(12-25)9-17(8-15)13-25/h15-18H,4-13H2,1-3H3,(H,27,28)/t15?,16?,17?,18-,25?/m0/s1. The first-order chi connectivity index (χ1) is 13.8. The molecule has 1 aromatic rings. The van der Waals surface area contributed by atoms with Crippen molar-refractivity contribution < 1.29 is 4.79 Å². The molecule has 4 bridgehead atoms. The lowest BCUT2D eigenvalue weighted by Crippen LogP contribution is -2.51. The Labute approximate surface area is 179 Å². The summed E-state index contributed by atoms with van der Waals surface area (Å²) in [5.41, 5.74) is 2.16. The number of rotatable bonds is 4. The van der Waals surface area contributed by atoms with E-state index >= 15 is 0 Å². The Morgan fingerprint density at radius 2 is 1.83 bits per heavy atom. The van der Waals surface area contributed by atoms with Crippen molar-refractivity contribution in [3.63, 3.8) is 0 Å². The summed E-state index contributed by atoms with van der Waals surface area (Å²) in [6.45, 7) is 7.02. The minimum atomic E-state index is -0.154. The van der Waals surface area contributed by atoms with Crippen molar-refractivity contribution in [2.24, 2.45) is 34.5 Å². The van der Waals surface area contributed by atoms with Crippen LogP contribution in [0.15, 0.2) is 0 Å². The lowest BCUT2D eigenvalue weighted by atomic mass is 9.49. The van der Waals surface area contributed by atoms with Crippen molar-refractivity contribution in [3.8, 4) is 6.07 Å². The molecule has 4 heteroatoms. The van der Waals surface area contributed by atoms with E-state index in [9.17, 15) is 10.1 Å². The zero-order valence-corrected chi connectivity index (χ0v) is 19.0. The summed E-state index contributed by atoms with van der Waals surface area (Å²) in [5.74, 6) is 3.16. The molecule has 0 aliphatic heterocycles. The Morgan fingerprint density at radius 3 is 2.38 bits per heavy atom. The van der Waals surface area contributed by atoms with Crippen molar-refractivity contribution in [1.82, 2.24) is 0 Å². The molecule has 5 aliphatic carbocycles. The van der Waals surface area contributed by atoms with E-state index in [2.05, 4.69) is 32.2 Å². The molecule has 1 aromatic heterocycles. The SMILES string of the molecule is CCC(C)(C)[C@H]1CCc2c(sc(NC(=O)C34CC5CC(CC(C5)C3)C4)c2C#N)C1. The fourth-order valence-corrected chi connectivity index (χ4v) is 8.65. The Morgan fingerprint density at radius 1 is 1.21 bits per heavy atom. The zero-order chi connectivity index (χ0) is 20.4. The Balaban J connectivity index is 1.39. The number of thiophene rings is 1. The van der Waals surface area contributed by atoms with Crippen LogP contribution in [0.2, 0.25) is 0 Å².